The second-order valence-corrected chi connectivity index (χ2v) is 5.34. The topological polar surface area (TPSA) is 37.4 Å². The lowest BCUT2D eigenvalue weighted by Crippen LogP contribution is -2.27. The molecule has 5 heteroatoms. The summed E-state index contributed by atoms with van der Waals surface area (Å²) in [5, 5.41) is 6.73. The minimum absolute atomic E-state index is 0.329. The van der Waals surface area contributed by atoms with Gasteiger partial charge >= 0.3 is 0 Å². The van der Waals surface area contributed by atoms with Gasteiger partial charge in [0.25, 0.3) is 0 Å². The highest BCUT2D eigenvalue weighted by Crippen LogP contribution is 2.23. The van der Waals surface area contributed by atoms with E-state index in [4.69, 9.17) is 9.72 Å². The number of nitrogens with one attached hydrogen (secondary N) is 1. The molecule has 0 amide bonds. The van der Waals surface area contributed by atoms with Gasteiger partial charge in [-0.05, 0) is 33.7 Å². The molecule has 0 spiro atoms. The average molecular weight is 285 g/mol. The van der Waals surface area contributed by atoms with E-state index in [1.165, 1.54) is 0 Å². The van der Waals surface area contributed by atoms with Gasteiger partial charge in [-0.1, -0.05) is 6.92 Å². The quantitative estimate of drug-likeness (QED) is 0.670. The zero-order chi connectivity index (χ0) is 14.1. The molecule has 1 aromatic heterocycles. The first kappa shape index (κ1) is 16.4. The Balaban J connectivity index is 2.55. The molecular weight excluding hydrogens is 258 g/mol. The number of ether oxygens (including phenoxy) is 1. The third-order valence-corrected chi connectivity index (χ3v) is 3.94. The molecule has 0 radical (unpaired) electrons. The number of likely N-dealkylation sites (N-methyl/N-ethyl adjacent to an activating group) is 1. The molecule has 1 N–H and O–H groups in total. The highest BCUT2D eigenvalue weighted by molar-refractivity contribution is 7.13. The maximum atomic E-state index is 5.42. The van der Waals surface area contributed by atoms with Crippen LogP contribution in [0.3, 0.4) is 0 Å². The van der Waals surface area contributed by atoms with Crippen LogP contribution in [0.2, 0.25) is 0 Å². The standard InChI is InChI=1S/C14H27N3OS/c1-5-8-15-12(4)13-11-19-14(16-13)17(6-2)9-10-18-7-3/h11-12,15H,5-10H2,1-4H3. The molecule has 1 unspecified atom stereocenters. The van der Waals surface area contributed by atoms with Crippen LogP contribution in [0.25, 0.3) is 0 Å². The maximum Gasteiger partial charge on any atom is 0.185 e. The van der Waals surface area contributed by atoms with Crippen molar-refractivity contribution in [3.63, 3.8) is 0 Å². The zero-order valence-corrected chi connectivity index (χ0v) is 13.4. The lowest BCUT2D eigenvalue weighted by Gasteiger charge is -2.19. The van der Waals surface area contributed by atoms with Crippen molar-refractivity contribution in [2.75, 3.05) is 37.7 Å². The molecule has 1 rings (SSSR count). The lowest BCUT2D eigenvalue weighted by molar-refractivity contribution is 0.154. The normalized spacial score (nSPS) is 12.6. The fourth-order valence-corrected chi connectivity index (χ4v) is 2.80. The first-order valence-electron chi connectivity index (χ1n) is 7.24. The summed E-state index contributed by atoms with van der Waals surface area (Å²) in [4.78, 5) is 7.01. The summed E-state index contributed by atoms with van der Waals surface area (Å²) in [6.45, 7) is 13.0. The van der Waals surface area contributed by atoms with Crippen molar-refractivity contribution in [3.8, 4) is 0 Å². The van der Waals surface area contributed by atoms with Gasteiger partial charge in [0.15, 0.2) is 5.13 Å². The maximum absolute atomic E-state index is 5.42. The van der Waals surface area contributed by atoms with Crippen LogP contribution < -0.4 is 10.2 Å². The van der Waals surface area contributed by atoms with Crippen molar-refractivity contribution in [2.45, 2.75) is 40.2 Å². The molecule has 0 saturated heterocycles. The van der Waals surface area contributed by atoms with Crippen molar-refractivity contribution >= 4 is 16.5 Å². The Kier molecular flexibility index (Phi) is 8.02. The predicted molar refractivity (Wildman–Crippen MR) is 83.2 cm³/mol. The highest BCUT2D eigenvalue weighted by Gasteiger charge is 2.13. The van der Waals surface area contributed by atoms with Gasteiger partial charge < -0.3 is 15.0 Å². The Morgan fingerprint density at radius 3 is 2.84 bits per heavy atom. The largest absolute Gasteiger partial charge is 0.380 e. The summed E-state index contributed by atoms with van der Waals surface area (Å²) in [5.74, 6) is 0. The van der Waals surface area contributed by atoms with Crippen LogP contribution in [-0.4, -0.2) is 37.8 Å². The van der Waals surface area contributed by atoms with E-state index in [1.807, 2.05) is 6.92 Å². The van der Waals surface area contributed by atoms with E-state index in [0.29, 0.717) is 6.04 Å². The lowest BCUT2D eigenvalue weighted by atomic mass is 10.2. The molecule has 0 aliphatic heterocycles. The first-order valence-corrected chi connectivity index (χ1v) is 8.12. The van der Waals surface area contributed by atoms with Crippen molar-refractivity contribution in [1.82, 2.24) is 10.3 Å². The molecule has 1 aromatic rings. The molecule has 0 aliphatic rings. The Bertz CT molecular complexity index is 343. The van der Waals surface area contributed by atoms with Crippen LogP contribution in [0.5, 0.6) is 0 Å². The SMILES string of the molecule is CCCNC(C)c1csc(N(CC)CCOCC)n1. The molecule has 1 heterocycles. The van der Waals surface area contributed by atoms with Crippen LogP contribution in [0.1, 0.15) is 45.9 Å². The summed E-state index contributed by atoms with van der Waals surface area (Å²) in [5.41, 5.74) is 1.14. The van der Waals surface area contributed by atoms with E-state index in [1.54, 1.807) is 11.3 Å². The molecular formula is C14H27N3OS. The Morgan fingerprint density at radius 2 is 2.21 bits per heavy atom. The van der Waals surface area contributed by atoms with Crippen molar-refractivity contribution in [3.05, 3.63) is 11.1 Å². The zero-order valence-electron chi connectivity index (χ0n) is 12.6. The van der Waals surface area contributed by atoms with E-state index in [-0.39, 0.29) is 0 Å². The Hall–Kier alpha value is -0.650. The number of aromatic nitrogens is 1. The third-order valence-electron chi connectivity index (χ3n) is 3.02. The summed E-state index contributed by atoms with van der Waals surface area (Å²) in [6, 6.07) is 0.329. The van der Waals surface area contributed by atoms with Crippen LogP contribution in [0.4, 0.5) is 5.13 Å². The molecule has 0 fully saturated rings. The minimum atomic E-state index is 0.329. The summed E-state index contributed by atoms with van der Waals surface area (Å²) >= 11 is 1.72. The average Bonchev–Trinajstić information content (AvgIpc) is 2.90. The van der Waals surface area contributed by atoms with Gasteiger partial charge in [0.1, 0.15) is 0 Å². The molecule has 0 saturated carbocycles. The minimum Gasteiger partial charge on any atom is -0.380 e. The number of hydrogen-bond donors (Lipinski definition) is 1. The van der Waals surface area contributed by atoms with Gasteiger partial charge in [-0.25, -0.2) is 4.98 Å². The van der Waals surface area contributed by atoms with E-state index >= 15 is 0 Å². The van der Waals surface area contributed by atoms with Crippen molar-refractivity contribution in [2.24, 2.45) is 0 Å². The van der Waals surface area contributed by atoms with E-state index < -0.39 is 0 Å². The second kappa shape index (κ2) is 9.28. The molecule has 4 nitrogen and oxygen atoms in total. The first-order chi connectivity index (χ1) is 9.22. The summed E-state index contributed by atoms with van der Waals surface area (Å²) in [6.07, 6.45) is 1.15. The van der Waals surface area contributed by atoms with Crippen LogP contribution in [0.15, 0.2) is 5.38 Å². The summed E-state index contributed by atoms with van der Waals surface area (Å²) in [7, 11) is 0. The highest BCUT2D eigenvalue weighted by atomic mass is 32.1. The van der Waals surface area contributed by atoms with Gasteiger partial charge in [0.2, 0.25) is 0 Å². The van der Waals surface area contributed by atoms with E-state index in [2.05, 4.69) is 36.4 Å². The summed E-state index contributed by atoms with van der Waals surface area (Å²) < 4.78 is 5.42. The van der Waals surface area contributed by atoms with Gasteiger partial charge in [0, 0.05) is 31.1 Å². The smallest absolute Gasteiger partial charge is 0.185 e. The molecule has 0 bridgehead atoms. The molecule has 110 valence electrons. The van der Waals surface area contributed by atoms with E-state index in [0.717, 1.165) is 50.1 Å². The molecule has 0 aliphatic carbocycles. The Morgan fingerprint density at radius 1 is 1.42 bits per heavy atom. The molecule has 19 heavy (non-hydrogen) atoms. The monoisotopic (exact) mass is 285 g/mol. The van der Waals surface area contributed by atoms with Gasteiger partial charge in [-0.2, -0.15) is 0 Å². The van der Waals surface area contributed by atoms with Crippen LogP contribution >= 0.6 is 11.3 Å². The van der Waals surface area contributed by atoms with Gasteiger partial charge in [-0.15, -0.1) is 11.3 Å². The third kappa shape index (κ3) is 5.47. The predicted octanol–water partition coefficient (Wildman–Crippen LogP) is 3.07. The van der Waals surface area contributed by atoms with Crippen molar-refractivity contribution < 1.29 is 4.74 Å². The number of anilines is 1. The van der Waals surface area contributed by atoms with Gasteiger partial charge in [-0.3, -0.25) is 0 Å². The number of rotatable bonds is 10. The van der Waals surface area contributed by atoms with Gasteiger partial charge in [0.05, 0.1) is 12.3 Å². The van der Waals surface area contributed by atoms with Crippen LogP contribution in [0, 0.1) is 0 Å². The van der Waals surface area contributed by atoms with E-state index in [9.17, 15) is 0 Å². The molecule has 1 atom stereocenters. The van der Waals surface area contributed by atoms with Crippen molar-refractivity contribution in [1.29, 1.82) is 0 Å². The number of hydrogen-bond acceptors (Lipinski definition) is 5. The fraction of sp³-hybridized carbons (Fsp3) is 0.786. The number of nitrogens with zero attached hydrogens (tertiary/aromatic N) is 2. The second-order valence-electron chi connectivity index (χ2n) is 4.51. The number of thiazole rings is 1. The van der Waals surface area contributed by atoms with Crippen LogP contribution in [-0.2, 0) is 4.74 Å². The fourth-order valence-electron chi connectivity index (χ4n) is 1.79. The molecule has 0 aromatic carbocycles. The Labute approximate surface area is 121 Å².